The molecule has 29 heavy (non-hydrogen) atoms. The van der Waals surface area contributed by atoms with E-state index in [4.69, 9.17) is 27.0 Å². The molecule has 1 aromatic carbocycles. The van der Waals surface area contributed by atoms with Gasteiger partial charge in [-0.05, 0) is 36.6 Å². The molecule has 0 bridgehead atoms. The van der Waals surface area contributed by atoms with Gasteiger partial charge >= 0.3 is 0 Å². The molecule has 0 radical (unpaired) electrons. The summed E-state index contributed by atoms with van der Waals surface area (Å²) in [5, 5.41) is 2.96. The monoisotopic (exact) mass is 461 g/mol. The summed E-state index contributed by atoms with van der Waals surface area (Å²) in [6.07, 6.45) is 1.71. The van der Waals surface area contributed by atoms with Crippen molar-refractivity contribution in [2.75, 3.05) is 26.7 Å². The van der Waals surface area contributed by atoms with Crippen LogP contribution in [0.1, 0.15) is 38.3 Å². The van der Waals surface area contributed by atoms with Gasteiger partial charge in [0.2, 0.25) is 0 Å². The highest BCUT2D eigenvalue weighted by Crippen LogP contribution is 2.41. The first-order valence-corrected chi connectivity index (χ1v) is 12.3. The second-order valence-corrected chi connectivity index (χ2v) is 10.1. The molecule has 2 atom stereocenters. The number of hydrogen-bond acceptors (Lipinski definition) is 6. The molecule has 0 aromatic heterocycles. The summed E-state index contributed by atoms with van der Waals surface area (Å²) in [6, 6.07) is 3.96. The molecular formula is C19H25Cl2N3O4S. The number of benzene rings is 1. The van der Waals surface area contributed by atoms with Crippen LogP contribution in [0.5, 0.6) is 5.75 Å². The molecule has 2 aliphatic rings. The molecule has 10 heteroatoms. The van der Waals surface area contributed by atoms with Gasteiger partial charge < -0.3 is 15.0 Å². The van der Waals surface area contributed by atoms with Crippen LogP contribution < -0.4 is 10.1 Å². The summed E-state index contributed by atoms with van der Waals surface area (Å²) in [7, 11) is 3.42. The average Bonchev–Trinajstić information content (AvgIpc) is 2.99. The van der Waals surface area contributed by atoms with Crippen LogP contribution >= 0.6 is 22.3 Å². The molecule has 2 unspecified atom stereocenters. The SMILES string of the molecule is CCCOc1ccc(S(=O)(=O)Cl)cc1C1NC(=O)C2=C1CN(CCC)C(Cl)N2C. The third-order valence-corrected chi connectivity index (χ3v) is 6.96. The Balaban J connectivity index is 2.09. The van der Waals surface area contributed by atoms with Crippen LogP contribution in [0, 0.1) is 0 Å². The van der Waals surface area contributed by atoms with Crippen molar-refractivity contribution in [1.29, 1.82) is 0 Å². The average molecular weight is 462 g/mol. The fourth-order valence-electron chi connectivity index (χ4n) is 3.75. The van der Waals surface area contributed by atoms with Crippen molar-refractivity contribution in [3.63, 3.8) is 0 Å². The fraction of sp³-hybridized carbons (Fsp3) is 0.526. The first-order chi connectivity index (χ1) is 13.7. The number of alkyl halides is 1. The van der Waals surface area contributed by atoms with Gasteiger partial charge in [-0.15, -0.1) is 0 Å². The zero-order chi connectivity index (χ0) is 21.3. The minimum atomic E-state index is -3.93. The summed E-state index contributed by atoms with van der Waals surface area (Å²) < 4.78 is 29.6. The van der Waals surface area contributed by atoms with Gasteiger partial charge in [0, 0.05) is 36.4 Å². The van der Waals surface area contributed by atoms with Crippen LogP contribution in [0.3, 0.4) is 0 Å². The quantitative estimate of drug-likeness (QED) is 0.381. The Morgan fingerprint density at radius 2 is 2.00 bits per heavy atom. The number of amides is 1. The Morgan fingerprint density at radius 1 is 1.28 bits per heavy atom. The Bertz CT molecular complexity index is 935. The number of ether oxygens (including phenoxy) is 1. The number of carbonyl (C=O) groups is 1. The maximum Gasteiger partial charge on any atom is 0.268 e. The predicted octanol–water partition coefficient (Wildman–Crippen LogP) is 3.01. The van der Waals surface area contributed by atoms with E-state index in [1.54, 1.807) is 18.0 Å². The summed E-state index contributed by atoms with van der Waals surface area (Å²) in [5.41, 5.74) is 1.50. The number of nitrogens with one attached hydrogen (secondary N) is 1. The summed E-state index contributed by atoms with van der Waals surface area (Å²) in [4.78, 5) is 16.5. The lowest BCUT2D eigenvalue weighted by Gasteiger charge is -2.40. The molecule has 2 aliphatic heterocycles. The first-order valence-electron chi connectivity index (χ1n) is 9.55. The van der Waals surface area contributed by atoms with Gasteiger partial charge in [-0.25, -0.2) is 8.42 Å². The lowest BCUT2D eigenvalue weighted by atomic mass is 9.97. The molecule has 2 heterocycles. The van der Waals surface area contributed by atoms with Crippen LogP contribution in [0.25, 0.3) is 0 Å². The number of nitrogens with zero attached hydrogens (tertiary/aromatic N) is 2. The summed E-state index contributed by atoms with van der Waals surface area (Å²) in [6.45, 7) is 5.78. The van der Waals surface area contributed by atoms with E-state index in [0.29, 0.717) is 30.2 Å². The van der Waals surface area contributed by atoms with Crippen LogP contribution in [0.2, 0.25) is 0 Å². The van der Waals surface area contributed by atoms with Crippen LogP contribution in [-0.4, -0.2) is 56.5 Å². The van der Waals surface area contributed by atoms with Crippen molar-refractivity contribution in [1.82, 2.24) is 15.1 Å². The molecule has 0 saturated heterocycles. The van der Waals surface area contributed by atoms with E-state index in [1.165, 1.54) is 12.1 Å². The number of halogens is 2. The maximum atomic E-state index is 12.7. The Kier molecular flexibility index (Phi) is 6.67. The van der Waals surface area contributed by atoms with Crippen molar-refractivity contribution in [2.45, 2.75) is 43.3 Å². The Hall–Kier alpha value is -1.48. The molecule has 0 spiro atoms. The molecule has 160 valence electrons. The molecule has 0 saturated carbocycles. The molecule has 1 amide bonds. The van der Waals surface area contributed by atoms with Gasteiger partial charge in [-0.2, -0.15) is 0 Å². The van der Waals surface area contributed by atoms with E-state index in [0.717, 1.165) is 25.0 Å². The first kappa shape index (κ1) is 22.2. The smallest absolute Gasteiger partial charge is 0.268 e. The van der Waals surface area contributed by atoms with Gasteiger partial charge in [0.15, 0.2) is 5.62 Å². The van der Waals surface area contributed by atoms with Crippen LogP contribution in [0.15, 0.2) is 34.4 Å². The second kappa shape index (κ2) is 8.71. The van der Waals surface area contributed by atoms with Crippen LogP contribution in [0.4, 0.5) is 0 Å². The maximum absolute atomic E-state index is 12.7. The molecule has 0 fully saturated rings. The molecule has 7 nitrogen and oxygen atoms in total. The summed E-state index contributed by atoms with van der Waals surface area (Å²) >= 11 is 6.54. The lowest BCUT2D eigenvalue weighted by molar-refractivity contribution is -0.118. The Labute approximate surface area is 181 Å². The molecule has 1 aromatic rings. The number of likely N-dealkylation sites (N-methyl/N-ethyl adjacent to an activating group) is 1. The van der Waals surface area contributed by atoms with Gasteiger partial charge in [-0.3, -0.25) is 9.69 Å². The number of hydrogen-bond donors (Lipinski definition) is 1. The van der Waals surface area contributed by atoms with Gasteiger partial charge in [0.1, 0.15) is 11.4 Å². The van der Waals surface area contributed by atoms with Crippen molar-refractivity contribution < 1.29 is 17.9 Å². The van der Waals surface area contributed by atoms with Gasteiger partial charge in [-0.1, -0.05) is 25.4 Å². The predicted molar refractivity (Wildman–Crippen MR) is 112 cm³/mol. The van der Waals surface area contributed by atoms with E-state index >= 15 is 0 Å². The molecule has 3 rings (SSSR count). The lowest BCUT2D eigenvalue weighted by Crippen LogP contribution is -2.48. The molecular weight excluding hydrogens is 437 g/mol. The van der Waals surface area contributed by atoms with Crippen LogP contribution in [-0.2, 0) is 13.8 Å². The van der Waals surface area contributed by atoms with Crippen molar-refractivity contribution in [2.24, 2.45) is 0 Å². The Morgan fingerprint density at radius 3 is 2.62 bits per heavy atom. The highest BCUT2D eigenvalue weighted by Gasteiger charge is 2.43. The highest BCUT2D eigenvalue weighted by molar-refractivity contribution is 8.13. The van der Waals surface area contributed by atoms with E-state index in [9.17, 15) is 13.2 Å². The fourth-order valence-corrected chi connectivity index (χ4v) is 4.80. The van der Waals surface area contributed by atoms with E-state index < -0.39 is 20.7 Å². The largest absolute Gasteiger partial charge is 0.493 e. The standard InChI is InChI=1S/C19H25Cl2N3O4S/c1-4-8-24-11-14-16(22-18(25)17(14)23(3)19(24)20)13-10-12(29(21,26)27)6-7-15(13)28-9-5-2/h6-7,10,16,19H,4-5,8-9,11H2,1-3H3,(H,22,25). The minimum absolute atomic E-state index is 0.0360. The normalized spacial score (nSPS) is 22.7. The third kappa shape index (κ3) is 4.35. The topological polar surface area (TPSA) is 78.9 Å². The number of carbonyl (C=O) groups excluding carboxylic acids is 1. The minimum Gasteiger partial charge on any atom is -0.493 e. The van der Waals surface area contributed by atoms with Gasteiger partial charge in [0.05, 0.1) is 17.5 Å². The molecule has 0 aliphatic carbocycles. The van der Waals surface area contributed by atoms with Gasteiger partial charge in [0.25, 0.3) is 15.0 Å². The van der Waals surface area contributed by atoms with E-state index in [1.807, 2.05) is 6.92 Å². The van der Waals surface area contributed by atoms with E-state index in [-0.39, 0.29) is 10.8 Å². The third-order valence-electron chi connectivity index (χ3n) is 5.04. The molecule has 1 N–H and O–H groups in total. The van der Waals surface area contributed by atoms with Crippen molar-refractivity contribution >= 4 is 37.2 Å². The highest BCUT2D eigenvalue weighted by atomic mass is 35.7. The number of rotatable bonds is 7. The zero-order valence-electron chi connectivity index (χ0n) is 16.6. The van der Waals surface area contributed by atoms with Crippen molar-refractivity contribution in [3.8, 4) is 5.75 Å². The second-order valence-electron chi connectivity index (χ2n) is 7.16. The van der Waals surface area contributed by atoms with Crippen molar-refractivity contribution in [3.05, 3.63) is 35.0 Å². The van der Waals surface area contributed by atoms with E-state index in [2.05, 4.69) is 17.1 Å². The summed E-state index contributed by atoms with van der Waals surface area (Å²) in [5.74, 6) is 0.280. The zero-order valence-corrected chi connectivity index (χ0v) is 18.9.